The molecular weight excluding hydrogens is 1220 g/mol. The molecule has 0 saturated heterocycles. The highest BCUT2D eigenvalue weighted by atomic mass is 31.2. The Morgan fingerprint density at radius 3 is 0.731 bits per heavy atom. The summed E-state index contributed by atoms with van der Waals surface area (Å²) in [5, 5.41) is 10.6. The fourth-order valence-electron chi connectivity index (χ4n) is 11.3. The van der Waals surface area contributed by atoms with Gasteiger partial charge in [0.15, 0.2) is 12.2 Å². The Kier molecular flexibility index (Phi) is 64.6. The van der Waals surface area contributed by atoms with Crippen LogP contribution in [-0.4, -0.2) is 96.7 Å². The molecule has 93 heavy (non-hydrogen) atoms. The summed E-state index contributed by atoms with van der Waals surface area (Å²) in [6.45, 7) is 9.55. The fourth-order valence-corrected chi connectivity index (χ4v) is 12.9. The minimum atomic E-state index is -4.95. The van der Waals surface area contributed by atoms with Gasteiger partial charge in [-0.15, -0.1) is 0 Å². The number of unbranched alkanes of at least 4 members (excludes halogenated alkanes) is 43. The summed E-state index contributed by atoms with van der Waals surface area (Å²) in [6.07, 6.45) is 53.1. The molecule has 0 rings (SSSR count). The molecule has 2 unspecified atom stereocenters. The highest BCUT2D eigenvalue weighted by Gasteiger charge is 2.30. The minimum absolute atomic E-state index is 0.107. The third-order valence-corrected chi connectivity index (χ3v) is 19.1. The zero-order chi connectivity index (χ0) is 68.6. The smallest absolute Gasteiger partial charge is 0.462 e. The van der Waals surface area contributed by atoms with Gasteiger partial charge in [0.25, 0.3) is 0 Å². The van der Waals surface area contributed by atoms with Gasteiger partial charge in [-0.2, -0.15) is 0 Å². The Bertz CT molecular complexity index is 1800. The molecule has 552 valence electrons. The Morgan fingerprint density at radius 2 is 0.495 bits per heavy atom. The van der Waals surface area contributed by atoms with Crippen molar-refractivity contribution in [3.05, 3.63) is 0 Å². The molecule has 0 aliphatic rings. The number of aliphatic hydroxyl groups is 1. The molecule has 0 spiro atoms. The Balaban J connectivity index is 5.15. The average Bonchev–Trinajstić information content (AvgIpc) is 3.18. The van der Waals surface area contributed by atoms with Crippen LogP contribution in [-0.2, 0) is 65.4 Å². The van der Waals surface area contributed by atoms with Crippen LogP contribution in [0.5, 0.6) is 0 Å². The number of phosphoric acid groups is 2. The lowest BCUT2D eigenvalue weighted by atomic mass is 10.0. The molecule has 0 saturated carbocycles. The minimum Gasteiger partial charge on any atom is -0.462 e. The van der Waals surface area contributed by atoms with Crippen molar-refractivity contribution in [1.29, 1.82) is 0 Å². The van der Waals surface area contributed by atoms with Gasteiger partial charge in [-0.1, -0.05) is 330 Å². The fraction of sp³-hybridized carbons (Fsp3) is 0.946. The van der Waals surface area contributed by atoms with E-state index in [1.54, 1.807) is 0 Å². The van der Waals surface area contributed by atoms with Gasteiger partial charge in [-0.25, -0.2) is 9.13 Å². The molecule has 0 amide bonds. The van der Waals surface area contributed by atoms with Gasteiger partial charge in [-0.05, 0) is 37.5 Å². The predicted octanol–water partition coefficient (Wildman–Crippen LogP) is 21.6. The molecule has 0 fully saturated rings. The van der Waals surface area contributed by atoms with Crippen LogP contribution in [0.1, 0.15) is 382 Å². The first-order valence-corrected chi connectivity index (χ1v) is 41.5. The third-order valence-electron chi connectivity index (χ3n) is 17.2. The number of hydrogen-bond donors (Lipinski definition) is 3. The number of aliphatic hydroxyl groups excluding tert-OH is 1. The molecular formula is C74H144O17P2. The number of hydrogen-bond acceptors (Lipinski definition) is 15. The molecule has 0 bridgehead atoms. The first-order valence-electron chi connectivity index (χ1n) is 38.5. The largest absolute Gasteiger partial charge is 0.472 e. The maximum absolute atomic E-state index is 13.1. The van der Waals surface area contributed by atoms with Crippen LogP contribution in [0.15, 0.2) is 0 Å². The van der Waals surface area contributed by atoms with E-state index in [2.05, 4.69) is 41.5 Å². The second-order valence-corrected chi connectivity index (χ2v) is 30.5. The highest BCUT2D eigenvalue weighted by molar-refractivity contribution is 7.47. The summed E-state index contributed by atoms with van der Waals surface area (Å²) in [6, 6.07) is 0. The van der Waals surface area contributed by atoms with Crippen LogP contribution in [0, 0.1) is 11.8 Å². The van der Waals surface area contributed by atoms with Gasteiger partial charge in [0.05, 0.1) is 26.4 Å². The zero-order valence-corrected chi connectivity index (χ0v) is 62.3. The summed E-state index contributed by atoms with van der Waals surface area (Å²) in [7, 11) is -9.90. The lowest BCUT2D eigenvalue weighted by molar-refractivity contribution is -0.161. The van der Waals surface area contributed by atoms with E-state index < -0.39 is 97.5 Å². The summed E-state index contributed by atoms with van der Waals surface area (Å²) in [5.41, 5.74) is 0. The molecule has 0 aromatic heterocycles. The summed E-state index contributed by atoms with van der Waals surface area (Å²) in [4.78, 5) is 72.4. The Labute approximate surface area is 568 Å². The quantitative estimate of drug-likeness (QED) is 0.0222. The van der Waals surface area contributed by atoms with E-state index in [4.69, 9.17) is 37.0 Å². The topological polar surface area (TPSA) is 237 Å². The van der Waals surface area contributed by atoms with E-state index in [9.17, 15) is 43.2 Å². The lowest BCUT2D eigenvalue weighted by Gasteiger charge is -2.21. The van der Waals surface area contributed by atoms with Crippen LogP contribution < -0.4 is 0 Å². The van der Waals surface area contributed by atoms with Crippen molar-refractivity contribution in [3.8, 4) is 0 Å². The third kappa shape index (κ3) is 68.4. The van der Waals surface area contributed by atoms with Crippen LogP contribution in [0.2, 0.25) is 0 Å². The van der Waals surface area contributed by atoms with Crippen molar-refractivity contribution in [2.75, 3.05) is 39.6 Å². The van der Waals surface area contributed by atoms with Crippen LogP contribution in [0.3, 0.4) is 0 Å². The van der Waals surface area contributed by atoms with Crippen molar-refractivity contribution >= 4 is 39.5 Å². The maximum Gasteiger partial charge on any atom is 0.472 e. The first-order chi connectivity index (χ1) is 44.9. The van der Waals surface area contributed by atoms with Crippen molar-refractivity contribution in [1.82, 2.24) is 0 Å². The molecule has 0 aromatic rings. The number of carbonyl (C=O) groups excluding carboxylic acids is 4. The second-order valence-electron chi connectivity index (χ2n) is 27.6. The Hall–Kier alpha value is -1.94. The van der Waals surface area contributed by atoms with E-state index in [0.717, 1.165) is 108 Å². The van der Waals surface area contributed by atoms with E-state index in [-0.39, 0.29) is 25.7 Å². The number of rotatable bonds is 73. The van der Waals surface area contributed by atoms with Gasteiger partial charge in [0.1, 0.15) is 19.3 Å². The molecule has 0 radical (unpaired) electrons. The predicted molar refractivity (Wildman–Crippen MR) is 377 cm³/mol. The van der Waals surface area contributed by atoms with Crippen LogP contribution in [0.4, 0.5) is 0 Å². The normalized spacial score (nSPS) is 14.1. The molecule has 0 heterocycles. The number of carbonyl (C=O) groups is 4. The first kappa shape index (κ1) is 91.1. The molecule has 0 aliphatic heterocycles. The monoisotopic (exact) mass is 1370 g/mol. The maximum atomic E-state index is 13.1. The standard InChI is InChI=1S/C74H144O17P2/c1-7-9-11-13-14-15-16-22-30-35-40-46-52-58-73(78)90-69(62-84-71(76)56-50-42-12-10-8-2)64-88-92(80,81)86-60-68(75)61-87-93(82,83)89-65-70(63-85-72(77)57-51-45-39-34-29-25-21-20-24-28-33-38-44-49-55-67(5)6)91-74(79)59-53-47-41-36-31-26-19-17-18-23-27-32-37-43-48-54-66(3)4/h66-70,75H,7-65H2,1-6H3,(H,80,81)(H,82,83)/t68-,69+,70+/m0/s1. The molecule has 19 heteroatoms. The van der Waals surface area contributed by atoms with Crippen molar-refractivity contribution < 1.29 is 80.2 Å². The van der Waals surface area contributed by atoms with Crippen LogP contribution in [0.25, 0.3) is 0 Å². The molecule has 0 aromatic carbocycles. The lowest BCUT2D eigenvalue weighted by Crippen LogP contribution is -2.30. The van der Waals surface area contributed by atoms with Crippen molar-refractivity contribution in [3.63, 3.8) is 0 Å². The van der Waals surface area contributed by atoms with E-state index >= 15 is 0 Å². The van der Waals surface area contributed by atoms with Crippen LogP contribution >= 0.6 is 15.6 Å². The Morgan fingerprint density at radius 1 is 0.290 bits per heavy atom. The van der Waals surface area contributed by atoms with Gasteiger partial charge < -0.3 is 33.8 Å². The summed E-state index contributed by atoms with van der Waals surface area (Å²) in [5.74, 6) is -0.526. The van der Waals surface area contributed by atoms with Gasteiger partial charge >= 0.3 is 39.5 Å². The zero-order valence-electron chi connectivity index (χ0n) is 60.6. The van der Waals surface area contributed by atoms with E-state index in [1.807, 2.05) is 0 Å². The molecule has 5 atom stereocenters. The SMILES string of the molecule is CCCCCCCCCCCCCCCC(=O)O[C@H](COC(=O)CCCCCCC)COP(=O)(O)OC[C@H](O)COP(=O)(O)OC[C@@H](COC(=O)CCCCCCCCCCCCCCCCC(C)C)OC(=O)CCCCCCCCCCCCCCCCCC(C)C. The van der Waals surface area contributed by atoms with Gasteiger partial charge in [-0.3, -0.25) is 37.3 Å². The summed E-state index contributed by atoms with van der Waals surface area (Å²) >= 11 is 0. The summed E-state index contributed by atoms with van der Waals surface area (Å²) < 4.78 is 68.2. The van der Waals surface area contributed by atoms with Gasteiger partial charge in [0, 0.05) is 25.7 Å². The molecule has 3 N–H and O–H groups in total. The van der Waals surface area contributed by atoms with Crippen molar-refractivity contribution in [2.45, 2.75) is 400 Å². The molecule has 0 aliphatic carbocycles. The average molecular weight is 1370 g/mol. The highest BCUT2D eigenvalue weighted by Crippen LogP contribution is 2.45. The number of esters is 4. The van der Waals surface area contributed by atoms with Gasteiger partial charge in [0.2, 0.25) is 0 Å². The van der Waals surface area contributed by atoms with E-state index in [1.165, 1.54) is 193 Å². The van der Waals surface area contributed by atoms with Crippen molar-refractivity contribution in [2.24, 2.45) is 11.8 Å². The molecule has 17 nitrogen and oxygen atoms in total. The number of phosphoric ester groups is 2. The van der Waals surface area contributed by atoms with E-state index in [0.29, 0.717) is 25.7 Å². The second kappa shape index (κ2) is 66.0. The number of ether oxygens (including phenoxy) is 4.